The maximum atomic E-state index is 11.2. The van der Waals surface area contributed by atoms with Crippen molar-refractivity contribution in [3.63, 3.8) is 0 Å². The van der Waals surface area contributed by atoms with Crippen LogP contribution in [0.15, 0.2) is 11.5 Å². The summed E-state index contributed by atoms with van der Waals surface area (Å²) in [6.07, 6.45) is 3.89. The molecule has 1 aliphatic carbocycles. The van der Waals surface area contributed by atoms with Gasteiger partial charge in [-0.1, -0.05) is 6.08 Å². The second-order valence-electron chi connectivity index (χ2n) is 6.94. The highest BCUT2D eigenvalue weighted by Crippen LogP contribution is 2.42. The maximum absolute atomic E-state index is 11.2. The van der Waals surface area contributed by atoms with E-state index in [0.29, 0.717) is 12.8 Å². The third-order valence-corrected chi connectivity index (χ3v) is 4.85. The predicted molar refractivity (Wildman–Crippen MR) is 73.8 cm³/mol. The molecule has 0 radical (unpaired) electrons. The van der Waals surface area contributed by atoms with Crippen LogP contribution < -0.4 is 0 Å². The van der Waals surface area contributed by atoms with Gasteiger partial charge in [0.1, 0.15) is 0 Å². The van der Waals surface area contributed by atoms with E-state index in [2.05, 4.69) is 0 Å². The van der Waals surface area contributed by atoms with E-state index < -0.39 is 11.4 Å². The smallest absolute Gasteiger partial charge is 0.481 e. The Hall–Kier alpha value is -0.805. The number of allylic oxidation sites excluding steroid dienone is 2. The van der Waals surface area contributed by atoms with Gasteiger partial charge in [-0.05, 0) is 59.4 Å². The fourth-order valence-corrected chi connectivity index (χ4v) is 2.38. The summed E-state index contributed by atoms with van der Waals surface area (Å²) >= 11 is 0. The number of hydrogen-bond acceptors (Lipinski definition) is 3. The molecule has 1 fully saturated rings. The van der Waals surface area contributed by atoms with E-state index in [-0.39, 0.29) is 18.3 Å². The van der Waals surface area contributed by atoms with Crippen molar-refractivity contribution in [3.8, 4) is 0 Å². The molecule has 2 rings (SSSR count). The fourth-order valence-electron chi connectivity index (χ4n) is 2.38. The Labute approximate surface area is 115 Å². The van der Waals surface area contributed by atoms with E-state index in [4.69, 9.17) is 9.31 Å². The van der Waals surface area contributed by atoms with Crippen LogP contribution in [0.2, 0.25) is 0 Å². The summed E-state index contributed by atoms with van der Waals surface area (Å²) in [5.41, 5.74) is -0.247. The number of aliphatic carboxylic acids is 1. The maximum Gasteiger partial charge on any atom is 0.490 e. The van der Waals surface area contributed by atoms with E-state index in [1.165, 1.54) is 0 Å². The van der Waals surface area contributed by atoms with Crippen LogP contribution >= 0.6 is 0 Å². The second-order valence-corrected chi connectivity index (χ2v) is 6.94. The summed E-state index contributed by atoms with van der Waals surface area (Å²) in [6.45, 7) is 9.90. The molecule has 4 nitrogen and oxygen atoms in total. The third kappa shape index (κ3) is 2.46. The number of hydrogen-bond donors (Lipinski definition) is 1. The van der Waals surface area contributed by atoms with Gasteiger partial charge in [-0.15, -0.1) is 0 Å². The lowest BCUT2D eigenvalue weighted by atomic mass is 9.66. The van der Waals surface area contributed by atoms with Crippen LogP contribution in [0.25, 0.3) is 0 Å². The average molecular weight is 266 g/mol. The number of carboxylic acids is 1. The molecule has 106 valence electrons. The Morgan fingerprint density at radius 2 is 1.74 bits per heavy atom. The van der Waals surface area contributed by atoms with Crippen molar-refractivity contribution in [2.45, 2.75) is 65.1 Å². The van der Waals surface area contributed by atoms with Gasteiger partial charge in [-0.3, -0.25) is 4.79 Å². The molecule has 1 heterocycles. The molecule has 0 aromatic carbocycles. The predicted octanol–water partition coefficient (Wildman–Crippen LogP) is 2.82. The zero-order chi connectivity index (χ0) is 14.5. The standard InChI is InChI=1S/C14H23BO4/c1-12(2)13(3,4)19-15(18-12)10-6-8-14(5,9-7-10)11(16)17/h6H,7-9H2,1-5H3,(H,16,17). The monoisotopic (exact) mass is 266 g/mol. The molecular weight excluding hydrogens is 243 g/mol. The highest BCUT2D eigenvalue weighted by molar-refractivity contribution is 6.54. The molecule has 0 aromatic rings. The number of rotatable bonds is 2. The van der Waals surface area contributed by atoms with Crippen molar-refractivity contribution in [2.24, 2.45) is 5.41 Å². The first-order valence-electron chi connectivity index (χ1n) is 6.85. The molecule has 0 amide bonds. The molecule has 1 aliphatic heterocycles. The van der Waals surface area contributed by atoms with Crippen LogP contribution in [0.3, 0.4) is 0 Å². The Balaban J connectivity index is 2.11. The quantitative estimate of drug-likeness (QED) is 0.781. The molecule has 5 heteroatoms. The van der Waals surface area contributed by atoms with Crippen molar-refractivity contribution in [1.82, 2.24) is 0 Å². The highest BCUT2D eigenvalue weighted by Gasteiger charge is 2.53. The van der Waals surface area contributed by atoms with Gasteiger partial charge >= 0.3 is 13.1 Å². The van der Waals surface area contributed by atoms with Crippen molar-refractivity contribution < 1.29 is 19.2 Å². The summed E-state index contributed by atoms with van der Waals surface area (Å²) in [6, 6.07) is 0. The van der Waals surface area contributed by atoms with Crippen LogP contribution in [0.5, 0.6) is 0 Å². The van der Waals surface area contributed by atoms with Gasteiger partial charge in [0.25, 0.3) is 0 Å². The number of carbonyl (C=O) groups is 1. The molecule has 1 atom stereocenters. The topological polar surface area (TPSA) is 55.8 Å². The lowest BCUT2D eigenvalue weighted by molar-refractivity contribution is -0.148. The lowest BCUT2D eigenvalue weighted by Crippen LogP contribution is -2.41. The van der Waals surface area contributed by atoms with Crippen LogP contribution in [0.1, 0.15) is 53.9 Å². The molecule has 0 saturated carbocycles. The van der Waals surface area contributed by atoms with Gasteiger partial charge in [-0.25, -0.2) is 0 Å². The average Bonchev–Trinajstić information content (AvgIpc) is 2.49. The molecule has 0 bridgehead atoms. The van der Waals surface area contributed by atoms with Gasteiger partial charge in [0.15, 0.2) is 0 Å². The first kappa shape index (κ1) is 14.6. The molecule has 1 saturated heterocycles. The van der Waals surface area contributed by atoms with Gasteiger partial charge < -0.3 is 14.4 Å². The normalized spacial score (nSPS) is 33.1. The van der Waals surface area contributed by atoms with Crippen molar-refractivity contribution >= 4 is 13.1 Å². The van der Waals surface area contributed by atoms with Crippen molar-refractivity contribution in [2.75, 3.05) is 0 Å². The summed E-state index contributed by atoms with van der Waals surface area (Å²) in [4.78, 5) is 11.2. The summed E-state index contributed by atoms with van der Waals surface area (Å²) in [5, 5.41) is 9.22. The van der Waals surface area contributed by atoms with E-state index in [1.54, 1.807) is 6.92 Å². The van der Waals surface area contributed by atoms with Crippen LogP contribution in [0.4, 0.5) is 0 Å². The Morgan fingerprint density at radius 1 is 1.21 bits per heavy atom. The minimum atomic E-state index is -0.725. The zero-order valence-corrected chi connectivity index (χ0v) is 12.4. The van der Waals surface area contributed by atoms with E-state index in [0.717, 1.165) is 11.9 Å². The molecule has 1 unspecified atom stereocenters. The van der Waals surface area contributed by atoms with Gasteiger partial charge in [0.2, 0.25) is 0 Å². The van der Waals surface area contributed by atoms with E-state index in [9.17, 15) is 9.90 Å². The Kier molecular flexibility index (Phi) is 3.34. The van der Waals surface area contributed by atoms with E-state index in [1.807, 2.05) is 33.8 Å². The van der Waals surface area contributed by atoms with Crippen LogP contribution in [0, 0.1) is 5.41 Å². The van der Waals surface area contributed by atoms with Crippen molar-refractivity contribution in [3.05, 3.63) is 11.5 Å². The minimum Gasteiger partial charge on any atom is -0.481 e. The Bertz CT molecular complexity index is 411. The second kappa shape index (κ2) is 4.35. The summed E-state index contributed by atoms with van der Waals surface area (Å²) in [7, 11) is -0.330. The molecule has 0 aromatic heterocycles. The molecule has 19 heavy (non-hydrogen) atoms. The van der Waals surface area contributed by atoms with Gasteiger partial charge in [0.05, 0.1) is 16.6 Å². The Morgan fingerprint density at radius 3 is 2.11 bits per heavy atom. The first-order chi connectivity index (χ1) is 8.57. The SMILES string of the molecule is CC1(C(=O)O)CC=C(B2OC(C)(C)C(C)(C)O2)CC1. The van der Waals surface area contributed by atoms with Crippen LogP contribution in [-0.2, 0) is 14.1 Å². The molecule has 0 spiro atoms. The van der Waals surface area contributed by atoms with Crippen molar-refractivity contribution in [1.29, 1.82) is 0 Å². The molecular formula is C14H23BO4. The fraction of sp³-hybridized carbons (Fsp3) is 0.786. The van der Waals surface area contributed by atoms with Gasteiger partial charge in [0, 0.05) is 0 Å². The number of carboxylic acid groups (broad SMARTS) is 1. The first-order valence-corrected chi connectivity index (χ1v) is 6.85. The molecule has 2 aliphatic rings. The summed E-state index contributed by atoms with van der Waals surface area (Å²) < 4.78 is 12.0. The minimum absolute atomic E-state index is 0.330. The molecule has 1 N–H and O–H groups in total. The van der Waals surface area contributed by atoms with Crippen LogP contribution in [-0.4, -0.2) is 29.4 Å². The summed E-state index contributed by atoms with van der Waals surface area (Å²) in [5.74, 6) is -0.725. The zero-order valence-electron chi connectivity index (χ0n) is 12.4. The van der Waals surface area contributed by atoms with E-state index >= 15 is 0 Å². The largest absolute Gasteiger partial charge is 0.490 e. The third-order valence-electron chi connectivity index (χ3n) is 4.85. The van der Waals surface area contributed by atoms with Gasteiger partial charge in [-0.2, -0.15) is 0 Å². The highest BCUT2D eigenvalue weighted by atomic mass is 16.7. The lowest BCUT2D eigenvalue weighted by Gasteiger charge is -2.32.